The maximum Gasteiger partial charge on any atom is 0.269 e. The van der Waals surface area contributed by atoms with E-state index in [9.17, 15) is 10.1 Å². The summed E-state index contributed by atoms with van der Waals surface area (Å²) in [7, 11) is 2.24. The molecule has 2 aromatic rings. The van der Waals surface area contributed by atoms with Crippen LogP contribution in [0.4, 0.5) is 5.82 Å². The number of piperazine rings is 1. The van der Waals surface area contributed by atoms with Gasteiger partial charge in [0.25, 0.3) is 5.91 Å². The predicted molar refractivity (Wildman–Crippen MR) is 160 cm³/mol. The molecule has 2 aliphatic heterocycles. The molecule has 0 bridgehead atoms. The molecule has 1 atom stereocenters. The Bertz CT molecular complexity index is 1190. The number of hydrogen-bond acceptors (Lipinski definition) is 8. The summed E-state index contributed by atoms with van der Waals surface area (Å²) in [6.45, 7) is 8.83. The summed E-state index contributed by atoms with van der Waals surface area (Å²) in [5.74, 6) is 1.24. The van der Waals surface area contributed by atoms with E-state index in [4.69, 9.17) is 0 Å². The highest BCUT2D eigenvalue weighted by Gasteiger charge is 2.27. The number of nitrogens with zero attached hydrogens (tertiary/aromatic N) is 7. The van der Waals surface area contributed by atoms with E-state index >= 15 is 0 Å². The lowest BCUT2D eigenvalue weighted by atomic mass is 9.95. The van der Waals surface area contributed by atoms with Crippen LogP contribution in [0.15, 0.2) is 34.9 Å². The van der Waals surface area contributed by atoms with Crippen LogP contribution in [0.3, 0.4) is 0 Å². The number of amides is 1. The van der Waals surface area contributed by atoms with Crippen molar-refractivity contribution in [3.05, 3.63) is 51.9 Å². The van der Waals surface area contributed by atoms with Crippen molar-refractivity contribution in [1.82, 2.24) is 30.1 Å². The number of hydrazine groups is 1. The molecule has 1 saturated carbocycles. The summed E-state index contributed by atoms with van der Waals surface area (Å²) in [5, 5.41) is 11.2. The number of benzene rings is 1. The zero-order chi connectivity index (χ0) is 27.9. The smallest absolute Gasteiger partial charge is 0.269 e. The number of nitriles is 1. The van der Waals surface area contributed by atoms with Crippen molar-refractivity contribution in [2.45, 2.75) is 57.5 Å². The molecule has 9 nitrogen and oxygen atoms in total. The van der Waals surface area contributed by atoms with Gasteiger partial charge in [0.2, 0.25) is 5.82 Å². The average Bonchev–Trinajstić information content (AvgIpc) is 2.98. The van der Waals surface area contributed by atoms with Crippen LogP contribution in [-0.2, 0) is 6.54 Å². The standard InChI is InChI=1S/C30H41BrN8O/c1-36-12-6-8-24(20-36)22-38-15-13-37(14-16-38)21-23-7-5-9-25(17-23)30(40)35-39(26-10-3-2-4-11-26)29-27(31)19-33-28(18-32)34-29/h5,7,9,17,19,24,26H,2-4,6,8,10-16,20-22H2,1H3,(H,35,40). The Labute approximate surface area is 246 Å². The van der Waals surface area contributed by atoms with Gasteiger partial charge in [-0.2, -0.15) is 10.2 Å². The number of anilines is 1. The number of rotatable bonds is 8. The number of likely N-dealkylation sites (tertiary alicyclic amines) is 1. The van der Waals surface area contributed by atoms with Crippen molar-refractivity contribution in [2.24, 2.45) is 5.92 Å². The average molecular weight is 610 g/mol. The molecular weight excluding hydrogens is 568 g/mol. The first-order valence-corrected chi connectivity index (χ1v) is 15.5. The van der Waals surface area contributed by atoms with Crippen LogP contribution in [0.25, 0.3) is 0 Å². The number of nitrogens with one attached hydrogen (secondary N) is 1. The SMILES string of the molecule is CN1CCCC(CN2CCN(Cc3cccc(C(=O)NN(c4nc(C#N)ncc4Br)C4CCCCC4)c3)CC2)C1. The van der Waals surface area contributed by atoms with Gasteiger partial charge in [-0.3, -0.25) is 20.1 Å². The highest BCUT2D eigenvalue weighted by atomic mass is 79.9. The monoisotopic (exact) mass is 608 g/mol. The van der Waals surface area contributed by atoms with Crippen molar-refractivity contribution in [1.29, 1.82) is 5.26 Å². The molecule has 1 amide bonds. The second kappa shape index (κ2) is 13.9. The molecule has 1 aliphatic carbocycles. The lowest BCUT2D eigenvalue weighted by Crippen LogP contribution is -2.50. The van der Waals surface area contributed by atoms with Crippen LogP contribution in [0.1, 0.15) is 66.7 Å². The largest absolute Gasteiger partial charge is 0.306 e. The molecule has 214 valence electrons. The zero-order valence-corrected chi connectivity index (χ0v) is 25.2. The second-order valence-electron chi connectivity index (χ2n) is 11.6. The van der Waals surface area contributed by atoms with Gasteiger partial charge in [0.1, 0.15) is 6.07 Å². The van der Waals surface area contributed by atoms with E-state index in [1.165, 1.54) is 38.9 Å². The van der Waals surface area contributed by atoms with Gasteiger partial charge in [-0.15, -0.1) is 0 Å². The number of carbonyl (C=O) groups is 1. The molecule has 3 fully saturated rings. The topological polar surface area (TPSA) is 91.6 Å². The van der Waals surface area contributed by atoms with Crippen molar-refractivity contribution < 1.29 is 4.79 Å². The Morgan fingerprint density at radius 2 is 1.88 bits per heavy atom. The van der Waals surface area contributed by atoms with E-state index < -0.39 is 0 Å². The van der Waals surface area contributed by atoms with Crippen LogP contribution < -0.4 is 10.4 Å². The first-order valence-electron chi connectivity index (χ1n) is 14.7. The van der Waals surface area contributed by atoms with Crippen LogP contribution in [0, 0.1) is 17.2 Å². The Hall–Kier alpha value is -2.58. The molecule has 3 aliphatic rings. The Morgan fingerprint density at radius 3 is 2.62 bits per heavy atom. The molecule has 1 aromatic carbocycles. The minimum absolute atomic E-state index is 0.0847. The van der Waals surface area contributed by atoms with E-state index in [0.29, 0.717) is 15.9 Å². The highest BCUT2D eigenvalue weighted by Crippen LogP contribution is 2.30. The predicted octanol–water partition coefficient (Wildman–Crippen LogP) is 4.05. The molecule has 10 heteroatoms. The Kier molecular flexibility index (Phi) is 10.0. The van der Waals surface area contributed by atoms with E-state index in [2.05, 4.69) is 59.1 Å². The molecule has 5 rings (SSSR count). The van der Waals surface area contributed by atoms with Gasteiger partial charge >= 0.3 is 0 Å². The molecule has 40 heavy (non-hydrogen) atoms. The van der Waals surface area contributed by atoms with Crippen molar-refractivity contribution in [3.8, 4) is 6.07 Å². The molecule has 1 unspecified atom stereocenters. The fourth-order valence-corrected chi connectivity index (χ4v) is 6.78. The summed E-state index contributed by atoms with van der Waals surface area (Å²) >= 11 is 3.54. The van der Waals surface area contributed by atoms with Gasteiger partial charge in [-0.1, -0.05) is 31.4 Å². The van der Waals surface area contributed by atoms with Crippen LogP contribution in [0.2, 0.25) is 0 Å². The molecule has 3 heterocycles. The third-order valence-corrected chi connectivity index (χ3v) is 9.07. The van der Waals surface area contributed by atoms with Crippen molar-refractivity contribution in [3.63, 3.8) is 0 Å². The third-order valence-electron chi connectivity index (χ3n) is 8.51. The summed E-state index contributed by atoms with van der Waals surface area (Å²) in [6.07, 6.45) is 9.57. The normalized spacial score (nSPS) is 21.6. The Balaban J connectivity index is 1.21. The van der Waals surface area contributed by atoms with E-state index in [0.717, 1.165) is 69.9 Å². The summed E-state index contributed by atoms with van der Waals surface area (Å²) in [5.41, 5.74) is 4.91. The summed E-state index contributed by atoms with van der Waals surface area (Å²) in [4.78, 5) is 29.6. The third kappa shape index (κ3) is 7.58. The number of aromatic nitrogens is 2. The molecule has 1 aromatic heterocycles. The van der Waals surface area contributed by atoms with Crippen LogP contribution >= 0.6 is 15.9 Å². The fourth-order valence-electron chi connectivity index (χ4n) is 6.40. The zero-order valence-electron chi connectivity index (χ0n) is 23.6. The minimum Gasteiger partial charge on any atom is -0.306 e. The maximum atomic E-state index is 13.5. The number of piperidine rings is 1. The van der Waals surface area contributed by atoms with E-state index in [1.807, 2.05) is 29.3 Å². The number of hydrogen-bond donors (Lipinski definition) is 1. The van der Waals surface area contributed by atoms with Gasteiger partial charge < -0.3 is 9.80 Å². The number of halogens is 1. The Morgan fingerprint density at radius 1 is 1.10 bits per heavy atom. The quantitative estimate of drug-likeness (QED) is 0.449. The lowest BCUT2D eigenvalue weighted by Gasteiger charge is -2.38. The molecule has 2 saturated heterocycles. The molecular formula is C30H41BrN8O. The van der Waals surface area contributed by atoms with Gasteiger partial charge in [-0.05, 0) is 78.8 Å². The second-order valence-corrected chi connectivity index (χ2v) is 12.5. The summed E-state index contributed by atoms with van der Waals surface area (Å²) < 4.78 is 0.653. The highest BCUT2D eigenvalue weighted by molar-refractivity contribution is 9.10. The molecule has 0 spiro atoms. The van der Waals surface area contributed by atoms with Gasteiger partial charge in [0.05, 0.1) is 10.5 Å². The van der Waals surface area contributed by atoms with Crippen molar-refractivity contribution in [2.75, 3.05) is 57.9 Å². The van der Waals surface area contributed by atoms with E-state index in [-0.39, 0.29) is 17.8 Å². The first-order chi connectivity index (χ1) is 19.5. The summed E-state index contributed by atoms with van der Waals surface area (Å²) in [6, 6.07) is 10.1. The number of carbonyl (C=O) groups excluding carboxylic acids is 1. The van der Waals surface area contributed by atoms with Gasteiger partial charge in [0.15, 0.2) is 5.82 Å². The first kappa shape index (κ1) is 28.9. The minimum atomic E-state index is -0.168. The van der Waals surface area contributed by atoms with Crippen LogP contribution in [-0.4, -0.2) is 89.5 Å². The lowest BCUT2D eigenvalue weighted by molar-refractivity contribution is 0.0925. The maximum absolute atomic E-state index is 13.5. The van der Waals surface area contributed by atoms with Gasteiger partial charge in [0, 0.05) is 57.6 Å². The molecule has 0 radical (unpaired) electrons. The molecule has 1 N–H and O–H groups in total. The van der Waals surface area contributed by atoms with E-state index in [1.54, 1.807) is 6.20 Å². The van der Waals surface area contributed by atoms with Crippen molar-refractivity contribution >= 4 is 27.7 Å². The van der Waals surface area contributed by atoms with Gasteiger partial charge in [-0.25, -0.2) is 4.98 Å². The fraction of sp³-hybridized carbons (Fsp3) is 0.600. The van der Waals surface area contributed by atoms with Crippen LogP contribution in [0.5, 0.6) is 0 Å².